The largest absolute Gasteiger partial charge is 0.495 e. The second kappa shape index (κ2) is 12.7. The SMILES string of the molecule is CCNC(=NCC(c1cccnc1)C(C)C)NC1CCN(c2ccccc2OC)C1.I. The minimum Gasteiger partial charge on any atom is -0.495 e. The summed E-state index contributed by atoms with van der Waals surface area (Å²) in [7, 11) is 1.73. The molecule has 1 saturated heterocycles. The van der Waals surface area contributed by atoms with Crippen LogP contribution in [0.15, 0.2) is 53.8 Å². The zero-order chi connectivity index (χ0) is 21.3. The number of hydrogen-bond donors (Lipinski definition) is 2. The van der Waals surface area contributed by atoms with E-state index in [1.54, 1.807) is 7.11 Å². The molecule has 1 fully saturated rings. The first-order chi connectivity index (χ1) is 14.6. The molecule has 1 aromatic heterocycles. The van der Waals surface area contributed by atoms with Crippen LogP contribution in [0.5, 0.6) is 5.75 Å². The van der Waals surface area contributed by atoms with Gasteiger partial charge in [-0.15, -0.1) is 24.0 Å². The third-order valence-corrected chi connectivity index (χ3v) is 5.66. The molecule has 2 unspecified atom stereocenters. The number of para-hydroxylation sites is 2. The van der Waals surface area contributed by atoms with Crippen molar-refractivity contribution in [2.75, 3.05) is 38.2 Å². The number of benzene rings is 1. The Labute approximate surface area is 203 Å². The van der Waals surface area contributed by atoms with Crippen LogP contribution in [-0.2, 0) is 0 Å². The predicted molar refractivity (Wildman–Crippen MR) is 140 cm³/mol. The van der Waals surface area contributed by atoms with Crippen LogP contribution in [0.25, 0.3) is 0 Å². The van der Waals surface area contributed by atoms with Crippen molar-refractivity contribution in [1.82, 2.24) is 15.6 Å². The third kappa shape index (κ3) is 6.98. The number of hydrogen-bond acceptors (Lipinski definition) is 4. The molecule has 0 bridgehead atoms. The molecular weight excluding hydrogens is 501 g/mol. The van der Waals surface area contributed by atoms with Crippen LogP contribution in [0.4, 0.5) is 5.69 Å². The molecule has 0 radical (unpaired) electrons. The molecule has 1 aliphatic heterocycles. The first kappa shape index (κ1) is 25.2. The lowest BCUT2D eigenvalue weighted by molar-refractivity contribution is 0.415. The Hall–Kier alpha value is -2.03. The summed E-state index contributed by atoms with van der Waals surface area (Å²) in [4.78, 5) is 11.6. The molecular formula is C24H36IN5O. The fourth-order valence-electron chi connectivity index (χ4n) is 3.99. The van der Waals surface area contributed by atoms with E-state index < -0.39 is 0 Å². The average molecular weight is 537 g/mol. The maximum Gasteiger partial charge on any atom is 0.191 e. The number of nitrogens with zero attached hydrogens (tertiary/aromatic N) is 3. The molecule has 170 valence electrons. The van der Waals surface area contributed by atoms with E-state index >= 15 is 0 Å². The van der Waals surface area contributed by atoms with Crippen LogP contribution in [0.1, 0.15) is 38.7 Å². The standard InChI is InChI=1S/C24H35N5O.HI/c1-5-26-24(27-16-21(18(2)3)19-9-8-13-25-15-19)28-20-12-14-29(17-20)22-10-6-7-11-23(22)30-4;/h6-11,13,15,18,20-21H,5,12,14,16-17H2,1-4H3,(H2,26,27,28);1H. The molecule has 1 aromatic carbocycles. The molecule has 0 spiro atoms. The number of ether oxygens (including phenoxy) is 1. The predicted octanol–water partition coefficient (Wildman–Crippen LogP) is 4.28. The number of aromatic nitrogens is 1. The monoisotopic (exact) mass is 537 g/mol. The van der Waals surface area contributed by atoms with Crippen LogP contribution >= 0.6 is 24.0 Å². The van der Waals surface area contributed by atoms with E-state index in [2.05, 4.69) is 59.5 Å². The van der Waals surface area contributed by atoms with E-state index in [4.69, 9.17) is 9.73 Å². The minimum atomic E-state index is 0. The van der Waals surface area contributed by atoms with E-state index in [0.29, 0.717) is 17.9 Å². The highest BCUT2D eigenvalue weighted by atomic mass is 127. The Morgan fingerprint density at radius 2 is 2.06 bits per heavy atom. The van der Waals surface area contributed by atoms with Gasteiger partial charge in [-0.05, 0) is 43.0 Å². The molecule has 7 heteroatoms. The number of guanidine groups is 1. The zero-order valence-electron chi connectivity index (χ0n) is 19.0. The van der Waals surface area contributed by atoms with E-state index in [0.717, 1.165) is 50.0 Å². The van der Waals surface area contributed by atoms with E-state index in [9.17, 15) is 0 Å². The summed E-state index contributed by atoms with van der Waals surface area (Å²) in [6.07, 6.45) is 4.85. The number of nitrogens with one attached hydrogen (secondary N) is 2. The molecule has 0 saturated carbocycles. The van der Waals surface area contributed by atoms with Gasteiger partial charge in [0.15, 0.2) is 5.96 Å². The molecule has 31 heavy (non-hydrogen) atoms. The normalized spacial score (nSPS) is 17.3. The number of aliphatic imine (C=N–C) groups is 1. The lowest BCUT2D eigenvalue weighted by Gasteiger charge is -2.23. The first-order valence-electron chi connectivity index (χ1n) is 10.9. The van der Waals surface area contributed by atoms with Crippen molar-refractivity contribution >= 4 is 35.6 Å². The molecule has 6 nitrogen and oxygen atoms in total. The second-order valence-corrected chi connectivity index (χ2v) is 8.10. The number of anilines is 1. The van der Waals surface area contributed by atoms with Crippen LogP contribution in [0.3, 0.4) is 0 Å². The highest BCUT2D eigenvalue weighted by Crippen LogP contribution is 2.30. The Morgan fingerprint density at radius 3 is 2.74 bits per heavy atom. The van der Waals surface area contributed by atoms with E-state index in [1.165, 1.54) is 5.56 Å². The highest BCUT2D eigenvalue weighted by molar-refractivity contribution is 14.0. The van der Waals surface area contributed by atoms with Crippen molar-refractivity contribution in [2.24, 2.45) is 10.9 Å². The molecule has 2 aromatic rings. The van der Waals surface area contributed by atoms with Crippen LogP contribution in [0.2, 0.25) is 0 Å². The van der Waals surface area contributed by atoms with Crippen molar-refractivity contribution in [3.05, 3.63) is 54.4 Å². The summed E-state index contributed by atoms with van der Waals surface area (Å²) < 4.78 is 5.54. The second-order valence-electron chi connectivity index (χ2n) is 8.10. The Kier molecular flexibility index (Phi) is 10.4. The van der Waals surface area contributed by atoms with Crippen molar-refractivity contribution < 1.29 is 4.74 Å². The van der Waals surface area contributed by atoms with Crippen molar-refractivity contribution in [3.63, 3.8) is 0 Å². The average Bonchev–Trinajstić information content (AvgIpc) is 3.22. The van der Waals surface area contributed by atoms with Crippen LogP contribution < -0.4 is 20.3 Å². The van der Waals surface area contributed by atoms with Gasteiger partial charge in [0.2, 0.25) is 0 Å². The van der Waals surface area contributed by atoms with Gasteiger partial charge in [-0.3, -0.25) is 9.98 Å². The minimum absolute atomic E-state index is 0. The van der Waals surface area contributed by atoms with Gasteiger partial charge in [-0.2, -0.15) is 0 Å². The smallest absolute Gasteiger partial charge is 0.191 e. The fourth-order valence-corrected chi connectivity index (χ4v) is 3.99. The molecule has 2 N–H and O–H groups in total. The molecule has 1 aliphatic rings. The Morgan fingerprint density at radius 1 is 1.26 bits per heavy atom. The quantitative estimate of drug-likeness (QED) is 0.299. The van der Waals surface area contributed by atoms with Crippen molar-refractivity contribution in [3.8, 4) is 5.75 Å². The molecule has 2 heterocycles. The van der Waals surface area contributed by atoms with Crippen LogP contribution in [0, 0.1) is 5.92 Å². The van der Waals surface area contributed by atoms with Gasteiger partial charge in [0.1, 0.15) is 5.75 Å². The maximum atomic E-state index is 5.54. The summed E-state index contributed by atoms with van der Waals surface area (Å²) in [5, 5.41) is 7.05. The van der Waals surface area contributed by atoms with Gasteiger partial charge in [0, 0.05) is 50.5 Å². The van der Waals surface area contributed by atoms with E-state index in [-0.39, 0.29) is 24.0 Å². The fraction of sp³-hybridized carbons (Fsp3) is 0.500. The summed E-state index contributed by atoms with van der Waals surface area (Å²) in [6, 6.07) is 12.7. The maximum absolute atomic E-state index is 5.54. The van der Waals surface area contributed by atoms with Crippen LogP contribution in [-0.4, -0.2) is 50.3 Å². The van der Waals surface area contributed by atoms with Gasteiger partial charge in [-0.25, -0.2) is 0 Å². The molecule has 0 amide bonds. The third-order valence-electron chi connectivity index (χ3n) is 5.66. The molecule has 0 aliphatic carbocycles. The van der Waals surface area contributed by atoms with Crippen molar-refractivity contribution in [1.29, 1.82) is 0 Å². The number of pyridine rings is 1. The van der Waals surface area contributed by atoms with Gasteiger partial charge < -0.3 is 20.3 Å². The van der Waals surface area contributed by atoms with E-state index in [1.807, 2.05) is 30.6 Å². The molecule has 3 rings (SSSR count). The summed E-state index contributed by atoms with van der Waals surface area (Å²) in [5.41, 5.74) is 2.40. The lowest BCUT2D eigenvalue weighted by Crippen LogP contribution is -2.45. The van der Waals surface area contributed by atoms with Crippen molar-refractivity contribution in [2.45, 2.75) is 39.2 Å². The number of rotatable bonds is 8. The van der Waals surface area contributed by atoms with Gasteiger partial charge >= 0.3 is 0 Å². The zero-order valence-corrected chi connectivity index (χ0v) is 21.4. The summed E-state index contributed by atoms with van der Waals surface area (Å²) in [5.74, 6) is 2.66. The first-order valence-corrected chi connectivity index (χ1v) is 10.9. The summed E-state index contributed by atoms with van der Waals surface area (Å²) >= 11 is 0. The lowest BCUT2D eigenvalue weighted by atomic mass is 9.89. The number of halogens is 1. The topological polar surface area (TPSA) is 61.8 Å². The summed E-state index contributed by atoms with van der Waals surface area (Å²) in [6.45, 7) is 10.1. The number of methoxy groups -OCH3 is 1. The van der Waals surface area contributed by atoms with Gasteiger partial charge in [0.05, 0.1) is 12.8 Å². The Balaban J connectivity index is 0.00000341. The molecule has 2 atom stereocenters. The van der Waals surface area contributed by atoms with Gasteiger partial charge in [0.25, 0.3) is 0 Å². The van der Waals surface area contributed by atoms with Gasteiger partial charge in [-0.1, -0.05) is 32.0 Å². The highest BCUT2D eigenvalue weighted by Gasteiger charge is 2.25. The Bertz CT molecular complexity index is 815.